The van der Waals surface area contributed by atoms with E-state index in [4.69, 9.17) is 5.11 Å². The molecule has 0 saturated heterocycles. The van der Waals surface area contributed by atoms with Gasteiger partial charge in [-0.15, -0.1) is 6.58 Å². The largest absolute Gasteiger partial charge is 0.395 e. The molecule has 0 unspecified atom stereocenters. The van der Waals surface area contributed by atoms with Crippen LogP contribution in [0.25, 0.3) is 0 Å². The summed E-state index contributed by atoms with van der Waals surface area (Å²) < 4.78 is 14.2. The second-order valence-corrected chi connectivity index (χ2v) is 4.77. The van der Waals surface area contributed by atoms with Crippen LogP contribution in [-0.4, -0.2) is 34.2 Å². The lowest BCUT2D eigenvalue weighted by Crippen LogP contribution is -2.35. The van der Waals surface area contributed by atoms with E-state index in [1.54, 1.807) is 12.1 Å². The first-order valence-electron chi connectivity index (χ1n) is 5.34. The zero-order valence-corrected chi connectivity index (χ0v) is 11.3. The van der Waals surface area contributed by atoms with Crippen LogP contribution in [0.2, 0.25) is 0 Å². The van der Waals surface area contributed by atoms with Crippen LogP contribution in [0.4, 0.5) is 4.39 Å². The van der Waals surface area contributed by atoms with Crippen LogP contribution in [0, 0.1) is 5.95 Å². The number of aromatic nitrogens is 1. The topological polar surface area (TPSA) is 36.4 Å². The predicted octanol–water partition coefficient (Wildman–Crippen LogP) is 2.35. The van der Waals surface area contributed by atoms with Crippen molar-refractivity contribution in [1.29, 1.82) is 0 Å². The van der Waals surface area contributed by atoms with Gasteiger partial charge in [-0.1, -0.05) is 6.08 Å². The van der Waals surface area contributed by atoms with Gasteiger partial charge in [0, 0.05) is 35.4 Å². The van der Waals surface area contributed by atoms with Gasteiger partial charge in [0.25, 0.3) is 0 Å². The Balaban J connectivity index is 2.84. The van der Waals surface area contributed by atoms with Gasteiger partial charge in [-0.3, -0.25) is 4.90 Å². The third-order valence-corrected chi connectivity index (χ3v) is 2.94. The summed E-state index contributed by atoms with van der Waals surface area (Å²) in [6.45, 7) is 6.55. The average Bonchev–Trinajstić information content (AvgIpc) is 2.32. The molecule has 94 valence electrons. The molecule has 1 aromatic rings. The first-order valence-corrected chi connectivity index (χ1v) is 6.13. The molecule has 17 heavy (non-hydrogen) atoms. The molecule has 1 atom stereocenters. The molecule has 0 fully saturated rings. The summed E-state index contributed by atoms with van der Waals surface area (Å²) in [5.74, 6) is -0.479. The highest BCUT2D eigenvalue weighted by Gasteiger charge is 2.14. The summed E-state index contributed by atoms with van der Waals surface area (Å²) in [4.78, 5) is 5.58. The molecule has 0 spiro atoms. The van der Waals surface area contributed by atoms with Crippen molar-refractivity contribution >= 4 is 15.9 Å². The Hall–Kier alpha value is -0.780. The molecular weight excluding hydrogens is 287 g/mol. The third-order valence-electron chi connectivity index (χ3n) is 2.50. The normalized spacial score (nSPS) is 12.8. The summed E-state index contributed by atoms with van der Waals surface area (Å²) in [6, 6.07) is 1.65. The van der Waals surface area contributed by atoms with Crippen LogP contribution in [0.1, 0.15) is 12.5 Å². The van der Waals surface area contributed by atoms with Gasteiger partial charge in [-0.2, -0.15) is 4.39 Å². The second-order valence-electron chi connectivity index (χ2n) is 3.85. The van der Waals surface area contributed by atoms with E-state index < -0.39 is 5.95 Å². The van der Waals surface area contributed by atoms with Gasteiger partial charge >= 0.3 is 0 Å². The molecule has 0 aliphatic carbocycles. The van der Waals surface area contributed by atoms with Crippen molar-refractivity contribution in [2.24, 2.45) is 0 Å². The zero-order valence-electron chi connectivity index (χ0n) is 9.74. The van der Waals surface area contributed by atoms with Crippen LogP contribution in [0.5, 0.6) is 0 Å². The van der Waals surface area contributed by atoms with Crippen LogP contribution >= 0.6 is 15.9 Å². The first kappa shape index (κ1) is 14.3. The standard InChI is InChI=1S/C12H16BrFN2O/c1-3-4-16(9(2)8-17)7-10-5-11(13)6-15-12(10)14/h3,5-6,9,17H,1,4,7-8H2,2H3/t9-/m1/s1. The number of pyridine rings is 1. The number of aliphatic hydroxyl groups is 1. The summed E-state index contributed by atoms with van der Waals surface area (Å²) in [6.07, 6.45) is 3.15. The van der Waals surface area contributed by atoms with Crippen molar-refractivity contribution < 1.29 is 9.50 Å². The summed E-state index contributed by atoms with van der Waals surface area (Å²) in [5, 5.41) is 9.14. The molecule has 0 radical (unpaired) electrons. The lowest BCUT2D eigenvalue weighted by Gasteiger charge is -2.26. The van der Waals surface area contributed by atoms with Crippen molar-refractivity contribution in [3.05, 3.63) is 40.9 Å². The number of hydrogen-bond acceptors (Lipinski definition) is 3. The summed E-state index contributed by atoms with van der Waals surface area (Å²) in [7, 11) is 0. The number of hydrogen-bond donors (Lipinski definition) is 1. The summed E-state index contributed by atoms with van der Waals surface area (Å²) >= 11 is 3.26. The van der Waals surface area contributed by atoms with Gasteiger partial charge in [0.15, 0.2) is 0 Å². The Labute approximate surface area is 109 Å². The Bertz CT molecular complexity index is 387. The van der Waals surface area contributed by atoms with Gasteiger partial charge in [-0.05, 0) is 28.9 Å². The van der Waals surface area contributed by atoms with Gasteiger partial charge < -0.3 is 5.11 Å². The molecule has 1 N–H and O–H groups in total. The molecular formula is C12H16BrFN2O. The number of nitrogens with zero attached hydrogens (tertiary/aromatic N) is 2. The lowest BCUT2D eigenvalue weighted by molar-refractivity contribution is 0.138. The average molecular weight is 303 g/mol. The highest BCUT2D eigenvalue weighted by molar-refractivity contribution is 9.10. The van der Waals surface area contributed by atoms with E-state index in [9.17, 15) is 4.39 Å². The van der Waals surface area contributed by atoms with E-state index in [0.717, 1.165) is 4.47 Å². The molecule has 5 heteroatoms. The number of halogens is 2. The minimum atomic E-state index is -0.479. The Kier molecular flexibility index (Phi) is 5.74. The van der Waals surface area contributed by atoms with Crippen molar-refractivity contribution in [3.63, 3.8) is 0 Å². The minimum absolute atomic E-state index is 0.0247. The predicted molar refractivity (Wildman–Crippen MR) is 69.0 cm³/mol. The molecule has 0 aliphatic rings. The monoisotopic (exact) mass is 302 g/mol. The van der Waals surface area contributed by atoms with E-state index in [0.29, 0.717) is 18.7 Å². The molecule has 1 aromatic heterocycles. The van der Waals surface area contributed by atoms with Crippen molar-refractivity contribution in [2.45, 2.75) is 19.5 Å². The lowest BCUT2D eigenvalue weighted by atomic mass is 10.2. The quantitative estimate of drug-likeness (QED) is 0.647. The fourth-order valence-electron chi connectivity index (χ4n) is 1.48. The second kappa shape index (κ2) is 6.83. The van der Waals surface area contributed by atoms with Gasteiger partial charge in [0.1, 0.15) is 0 Å². The maximum absolute atomic E-state index is 13.5. The SMILES string of the molecule is C=CCN(Cc1cc(Br)cnc1F)[C@H](C)CO. The molecule has 3 nitrogen and oxygen atoms in total. The number of rotatable bonds is 6. The van der Waals surface area contributed by atoms with Crippen LogP contribution in [-0.2, 0) is 6.54 Å². The minimum Gasteiger partial charge on any atom is -0.395 e. The molecule has 0 aliphatic heterocycles. The van der Waals surface area contributed by atoms with Gasteiger partial charge in [-0.25, -0.2) is 4.98 Å². The highest BCUT2D eigenvalue weighted by atomic mass is 79.9. The molecule has 0 aromatic carbocycles. The molecule has 1 rings (SSSR count). The highest BCUT2D eigenvalue weighted by Crippen LogP contribution is 2.16. The fourth-order valence-corrected chi connectivity index (χ4v) is 1.85. The van der Waals surface area contributed by atoms with E-state index in [1.165, 1.54) is 6.20 Å². The van der Waals surface area contributed by atoms with Crippen LogP contribution in [0.3, 0.4) is 0 Å². The van der Waals surface area contributed by atoms with Crippen molar-refractivity contribution in [2.75, 3.05) is 13.2 Å². The smallest absolute Gasteiger partial charge is 0.217 e. The van der Waals surface area contributed by atoms with Crippen LogP contribution < -0.4 is 0 Å². The van der Waals surface area contributed by atoms with E-state index in [1.807, 2.05) is 11.8 Å². The summed E-state index contributed by atoms with van der Waals surface area (Å²) in [5.41, 5.74) is 0.501. The molecule has 0 bridgehead atoms. The molecule has 1 heterocycles. The molecule has 0 amide bonds. The van der Waals surface area contributed by atoms with Crippen molar-refractivity contribution in [3.8, 4) is 0 Å². The Morgan fingerprint density at radius 3 is 3.00 bits per heavy atom. The Morgan fingerprint density at radius 1 is 1.71 bits per heavy atom. The van der Waals surface area contributed by atoms with E-state index in [2.05, 4.69) is 27.5 Å². The van der Waals surface area contributed by atoms with Gasteiger partial charge in [0.05, 0.1) is 6.61 Å². The fraction of sp³-hybridized carbons (Fsp3) is 0.417. The van der Waals surface area contributed by atoms with Crippen LogP contribution in [0.15, 0.2) is 29.4 Å². The van der Waals surface area contributed by atoms with Crippen molar-refractivity contribution in [1.82, 2.24) is 9.88 Å². The number of aliphatic hydroxyl groups excluding tert-OH is 1. The zero-order chi connectivity index (χ0) is 12.8. The maximum Gasteiger partial charge on any atom is 0.217 e. The molecule has 0 saturated carbocycles. The first-order chi connectivity index (χ1) is 8.08. The maximum atomic E-state index is 13.5. The third kappa shape index (κ3) is 4.18. The van der Waals surface area contributed by atoms with Gasteiger partial charge in [0.2, 0.25) is 5.95 Å². The van der Waals surface area contributed by atoms with E-state index >= 15 is 0 Å². The Morgan fingerprint density at radius 2 is 2.41 bits per heavy atom. The van der Waals surface area contributed by atoms with E-state index in [-0.39, 0.29) is 12.6 Å².